The van der Waals surface area contributed by atoms with E-state index in [1.54, 1.807) is 12.2 Å². The molecule has 10 heteroatoms. The number of amides is 1. The average molecular weight is 384 g/mol. The standard InChI is InChI=1S/C13H10ClN5OS3/c1-2-6-22-13-18-17-11(23-13)15-9(20)4-3-8-10(14)16-12-19(8)5-7-21-12/h2-5,7H,1,6H2,(H,15,17,20). The number of nitrogens with zero attached hydrogens (tertiary/aromatic N) is 4. The first-order valence-corrected chi connectivity index (χ1v) is 9.40. The number of nitrogens with one attached hydrogen (secondary N) is 1. The maximum atomic E-state index is 12.0. The molecule has 0 bridgehead atoms. The van der Waals surface area contributed by atoms with E-state index in [1.165, 1.54) is 40.5 Å². The Morgan fingerprint density at radius 2 is 2.39 bits per heavy atom. The van der Waals surface area contributed by atoms with Crippen LogP contribution in [0.15, 0.2) is 34.6 Å². The van der Waals surface area contributed by atoms with Gasteiger partial charge < -0.3 is 0 Å². The highest BCUT2D eigenvalue weighted by molar-refractivity contribution is 8.01. The van der Waals surface area contributed by atoms with Gasteiger partial charge in [0.05, 0.1) is 5.69 Å². The summed E-state index contributed by atoms with van der Waals surface area (Å²) >= 11 is 10.4. The van der Waals surface area contributed by atoms with Gasteiger partial charge in [0.15, 0.2) is 14.5 Å². The van der Waals surface area contributed by atoms with E-state index in [0.29, 0.717) is 16.0 Å². The summed E-state index contributed by atoms with van der Waals surface area (Å²) < 4.78 is 2.61. The van der Waals surface area contributed by atoms with E-state index in [0.717, 1.165) is 15.1 Å². The van der Waals surface area contributed by atoms with Crippen molar-refractivity contribution < 1.29 is 4.79 Å². The summed E-state index contributed by atoms with van der Waals surface area (Å²) in [6.07, 6.45) is 6.65. The van der Waals surface area contributed by atoms with E-state index in [4.69, 9.17) is 11.6 Å². The minimum atomic E-state index is -0.303. The molecular weight excluding hydrogens is 374 g/mol. The van der Waals surface area contributed by atoms with Gasteiger partial charge in [-0.2, -0.15) is 0 Å². The molecule has 1 amide bonds. The molecule has 0 saturated carbocycles. The van der Waals surface area contributed by atoms with Crippen molar-refractivity contribution >= 4 is 68.1 Å². The van der Waals surface area contributed by atoms with Crippen LogP contribution < -0.4 is 5.32 Å². The van der Waals surface area contributed by atoms with Crippen molar-refractivity contribution in [3.8, 4) is 0 Å². The molecule has 0 aromatic carbocycles. The van der Waals surface area contributed by atoms with Gasteiger partial charge in [0.2, 0.25) is 11.0 Å². The number of carbonyl (C=O) groups is 1. The molecule has 0 radical (unpaired) electrons. The Morgan fingerprint density at radius 3 is 3.22 bits per heavy atom. The van der Waals surface area contributed by atoms with Crippen molar-refractivity contribution in [3.05, 3.63) is 41.2 Å². The number of thioether (sulfide) groups is 1. The molecule has 3 rings (SSSR count). The SMILES string of the molecule is C=CCSc1nnc(NC(=O)C=Cc2c(Cl)nc3sccn23)s1. The molecule has 0 aliphatic rings. The number of imidazole rings is 1. The second kappa shape index (κ2) is 7.26. The molecule has 0 saturated heterocycles. The van der Waals surface area contributed by atoms with Crippen molar-refractivity contribution in [2.75, 3.05) is 11.1 Å². The maximum Gasteiger partial charge on any atom is 0.250 e. The lowest BCUT2D eigenvalue weighted by Crippen LogP contribution is -2.07. The lowest BCUT2D eigenvalue weighted by atomic mass is 10.4. The van der Waals surface area contributed by atoms with Gasteiger partial charge in [0.1, 0.15) is 0 Å². The molecule has 118 valence electrons. The largest absolute Gasteiger partial charge is 0.297 e. The van der Waals surface area contributed by atoms with Crippen LogP contribution in [-0.2, 0) is 4.79 Å². The summed E-state index contributed by atoms with van der Waals surface area (Å²) in [5.74, 6) is 0.446. The number of aromatic nitrogens is 4. The molecule has 3 aromatic heterocycles. The molecule has 0 fully saturated rings. The smallest absolute Gasteiger partial charge is 0.250 e. The Labute approximate surface area is 148 Å². The minimum absolute atomic E-state index is 0.303. The molecule has 0 aliphatic heterocycles. The third-order valence-electron chi connectivity index (χ3n) is 2.61. The Hall–Kier alpha value is -1.68. The maximum absolute atomic E-state index is 12.0. The monoisotopic (exact) mass is 383 g/mol. The van der Waals surface area contributed by atoms with Gasteiger partial charge in [-0.05, 0) is 6.08 Å². The molecule has 0 spiro atoms. The highest BCUT2D eigenvalue weighted by atomic mass is 35.5. The van der Waals surface area contributed by atoms with Gasteiger partial charge in [0, 0.05) is 23.4 Å². The highest BCUT2D eigenvalue weighted by Gasteiger charge is 2.10. The van der Waals surface area contributed by atoms with Gasteiger partial charge in [0.25, 0.3) is 0 Å². The topological polar surface area (TPSA) is 72.2 Å². The molecule has 0 atom stereocenters. The van der Waals surface area contributed by atoms with E-state index < -0.39 is 0 Å². The number of fused-ring (bicyclic) bond motifs is 1. The fraction of sp³-hybridized carbons (Fsp3) is 0.0769. The molecule has 1 N–H and O–H groups in total. The van der Waals surface area contributed by atoms with Crippen LogP contribution in [0.5, 0.6) is 0 Å². The first-order chi connectivity index (χ1) is 11.2. The first-order valence-electron chi connectivity index (χ1n) is 6.34. The summed E-state index contributed by atoms with van der Waals surface area (Å²) in [5.41, 5.74) is 0.664. The van der Waals surface area contributed by atoms with Gasteiger partial charge in [-0.25, -0.2) is 4.98 Å². The molecule has 6 nitrogen and oxygen atoms in total. The van der Waals surface area contributed by atoms with E-state index in [-0.39, 0.29) is 5.91 Å². The Morgan fingerprint density at radius 1 is 1.52 bits per heavy atom. The summed E-state index contributed by atoms with van der Waals surface area (Å²) in [6, 6.07) is 0. The van der Waals surface area contributed by atoms with Crippen molar-refractivity contribution in [3.63, 3.8) is 0 Å². The molecule has 3 heterocycles. The number of anilines is 1. The average Bonchev–Trinajstić information content (AvgIpc) is 3.20. The zero-order chi connectivity index (χ0) is 16.2. The van der Waals surface area contributed by atoms with Crippen LogP contribution >= 0.6 is 46.0 Å². The second-order valence-electron chi connectivity index (χ2n) is 4.14. The highest BCUT2D eigenvalue weighted by Crippen LogP contribution is 2.25. The fourth-order valence-electron chi connectivity index (χ4n) is 1.68. The molecule has 0 aliphatic carbocycles. The third-order valence-corrected chi connectivity index (χ3v) is 5.61. The first kappa shape index (κ1) is 16.2. The Balaban J connectivity index is 1.67. The van der Waals surface area contributed by atoms with Crippen LogP contribution in [0, 0.1) is 0 Å². The normalized spacial score (nSPS) is 11.3. The summed E-state index contributed by atoms with van der Waals surface area (Å²) in [4.78, 5) is 16.9. The van der Waals surface area contributed by atoms with Crippen molar-refractivity contribution in [2.45, 2.75) is 4.34 Å². The van der Waals surface area contributed by atoms with Crippen LogP contribution in [0.3, 0.4) is 0 Å². The van der Waals surface area contributed by atoms with E-state index in [1.807, 2.05) is 16.0 Å². The Bertz CT molecular complexity index is 881. The van der Waals surface area contributed by atoms with Crippen LogP contribution in [0.4, 0.5) is 5.13 Å². The molecule has 3 aromatic rings. The van der Waals surface area contributed by atoms with E-state index in [2.05, 4.69) is 27.1 Å². The number of halogens is 1. The number of thiazole rings is 1. The zero-order valence-corrected chi connectivity index (χ0v) is 14.8. The number of rotatable bonds is 6. The van der Waals surface area contributed by atoms with Gasteiger partial charge >= 0.3 is 0 Å². The fourth-order valence-corrected chi connectivity index (χ4v) is 4.20. The van der Waals surface area contributed by atoms with Gasteiger partial charge in [-0.15, -0.1) is 28.1 Å². The van der Waals surface area contributed by atoms with Crippen molar-refractivity contribution in [1.29, 1.82) is 0 Å². The second-order valence-corrected chi connectivity index (χ2v) is 7.61. The lowest BCUT2D eigenvalue weighted by molar-refractivity contribution is -0.111. The molecule has 23 heavy (non-hydrogen) atoms. The van der Waals surface area contributed by atoms with Gasteiger partial charge in [-0.1, -0.05) is 40.8 Å². The number of carbonyl (C=O) groups excluding carboxylic acids is 1. The quantitative estimate of drug-likeness (QED) is 0.303. The summed E-state index contributed by atoms with van der Waals surface area (Å²) in [6.45, 7) is 3.64. The van der Waals surface area contributed by atoms with Crippen LogP contribution in [0.2, 0.25) is 5.15 Å². The minimum Gasteiger partial charge on any atom is -0.297 e. The van der Waals surface area contributed by atoms with E-state index >= 15 is 0 Å². The zero-order valence-electron chi connectivity index (χ0n) is 11.6. The predicted molar refractivity (Wildman–Crippen MR) is 96.6 cm³/mol. The van der Waals surface area contributed by atoms with Gasteiger partial charge in [-0.3, -0.25) is 14.5 Å². The van der Waals surface area contributed by atoms with Crippen molar-refractivity contribution in [2.24, 2.45) is 0 Å². The number of hydrogen-bond donors (Lipinski definition) is 1. The van der Waals surface area contributed by atoms with E-state index in [9.17, 15) is 4.79 Å². The molecule has 0 unspecified atom stereocenters. The third kappa shape index (κ3) is 3.81. The molecular formula is C13H10ClN5OS3. The lowest BCUT2D eigenvalue weighted by Gasteiger charge is -1.95. The van der Waals surface area contributed by atoms with Crippen LogP contribution in [-0.4, -0.2) is 31.2 Å². The number of hydrogen-bond acceptors (Lipinski definition) is 7. The van der Waals surface area contributed by atoms with Crippen LogP contribution in [0.1, 0.15) is 5.69 Å². The predicted octanol–water partition coefficient (Wildman–Crippen LogP) is 3.83. The summed E-state index contributed by atoms with van der Waals surface area (Å²) in [7, 11) is 0. The van der Waals surface area contributed by atoms with Crippen LogP contribution in [0.25, 0.3) is 11.0 Å². The van der Waals surface area contributed by atoms with Crippen molar-refractivity contribution in [1.82, 2.24) is 19.6 Å². The Kier molecular flexibility index (Phi) is 5.11. The summed E-state index contributed by atoms with van der Waals surface area (Å²) in [5, 5.41) is 13.3.